The Morgan fingerprint density at radius 2 is 1.67 bits per heavy atom. The Bertz CT molecular complexity index is 1230. The minimum absolute atomic E-state index is 0.140. The Labute approximate surface area is 175 Å². The molecule has 0 saturated carbocycles. The molecule has 0 bridgehead atoms. The zero-order valence-electron chi connectivity index (χ0n) is 15.0. The van der Waals surface area contributed by atoms with Crippen molar-refractivity contribution in [2.24, 2.45) is 0 Å². The van der Waals surface area contributed by atoms with Gasteiger partial charge in [-0.25, -0.2) is 12.8 Å². The maximum atomic E-state index is 13.2. The molecule has 0 saturated heterocycles. The number of carbonyl (C=O) groups is 1. The van der Waals surface area contributed by atoms with Crippen LogP contribution in [0.5, 0.6) is 0 Å². The van der Waals surface area contributed by atoms with Crippen molar-refractivity contribution >= 4 is 44.6 Å². The second kappa shape index (κ2) is 8.47. The fraction of sp³-hybridized carbons (Fsp3) is 0. The van der Waals surface area contributed by atoms with Crippen molar-refractivity contribution in [3.63, 3.8) is 0 Å². The van der Waals surface area contributed by atoms with Gasteiger partial charge in [0.2, 0.25) is 0 Å². The largest absolute Gasteiger partial charge is 0.322 e. The van der Waals surface area contributed by atoms with Crippen molar-refractivity contribution in [3.05, 3.63) is 93.2 Å². The summed E-state index contributed by atoms with van der Waals surface area (Å²) in [6.45, 7) is 0. The molecule has 1 amide bonds. The lowest BCUT2D eigenvalue weighted by molar-refractivity contribution is -0.385. The van der Waals surface area contributed by atoms with E-state index in [0.717, 1.165) is 12.1 Å². The van der Waals surface area contributed by atoms with Crippen molar-refractivity contribution in [2.75, 3.05) is 10.0 Å². The summed E-state index contributed by atoms with van der Waals surface area (Å²) in [6, 6.07) is 13.8. The summed E-state index contributed by atoms with van der Waals surface area (Å²) in [7, 11) is -4.07. The Morgan fingerprint density at radius 1 is 1.00 bits per heavy atom. The highest BCUT2D eigenvalue weighted by Crippen LogP contribution is 2.22. The molecular formula is C19H13ClFN3O5S. The van der Waals surface area contributed by atoms with Crippen molar-refractivity contribution in [3.8, 4) is 0 Å². The van der Waals surface area contributed by atoms with Crippen LogP contribution in [0.2, 0.25) is 5.02 Å². The maximum absolute atomic E-state index is 13.2. The number of rotatable bonds is 6. The molecule has 0 atom stereocenters. The molecule has 0 spiro atoms. The molecule has 0 aliphatic heterocycles. The van der Waals surface area contributed by atoms with Crippen LogP contribution in [0, 0.1) is 15.9 Å². The van der Waals surface area contributed by atoms with Gasteiger partial charge in [0.15, 0.2) is 0 Å². The Hall–Kier alpha value is -3.50. The lowest BCUT2D eigenvalue weighted by Gasteiger charge is -2.09. The minimum Gasteiger partial charge on any atom is -0.322 e. The predicted molar refractivity (Wildman–Crippen MR) is 110 cm³/mol. The molecule has 0 radical (unpaired) electrons. The van der Waals surface area contributed by atoms with Gasteiger partial charge in [-0.3, -0.25) is 19.6 Å². The number of non-ortho nitro benzene ring substituents is 1. The zero-order valence-corrected chi connectivity index (χ0v) is 16.6. The minimum atomic E-state index is -4.07. The third-order valence-electron chi connectivity index (χ3n) is 3.92. The van der Waals surface area contributed by atoms with Gasteiger partial charge in [-0.2, -0.15) is 0 Å². The van der Waals surface area contributed by atoms with Crippen LogP contribution in [0.3, 0.4) is 0 Å². The number of sulfonamides is 1. The lowest BCUT2D eigenvalue weighted by Crippen LogP contribution is -2.14. The first-order chi connectivity index (χ1) is 14.2. The summed E-state index contributed by atoms with van der Waals surface area (Å²) < 4.78 is 40.4. The second-order valence-corrected chi connectivity index (χ2v) is 8.11. The van der Waals surface area contributed by atoms with E-state index in [2.05, 4.69) is 10.0 Å². The second-order valence-electron chi connectivity index (χ2n) is 6.02. The van der Waals surface area contributed by atoms with E-state index >= 15 is 0 Å². The Morgan fingerprint density at radius 3 is 2.30 bits per heavy atom. The van der Waals surface area contributed by atoms with Gasteiger partial charge in [0.05, 0.1) is 14.8 Å². The van der Waals surface area contributed by atoms with Crippen molar-refractivity contribution in [2.45, 2.75) is 4.90 Å². The molecule has 154 valence electrons. The third kappa shape index (κ3) is 4.91. The number of nitrogens with one attached hydrogen (secondary N) is 2. The standard InChI is InChI=1S/C19H13ClFN3O5S/c20-17-10-14(8-9-18(17)21)22-19(25)12-4-6-13(7-5-12)23-30(28,29)16-3-1-2-15(11-16)24(26)27/h1-11,23H,(H,22,25). The number of anilines is 2. The summed E-state index contributed by atoms with van der Waals surface area (Å²) in [6.07, 6.45) is 0. The maximum Gasteiger partial charge on any atom is 0.270 e. The van der Waals surface area contributed by atoms with Gasteiger partial charge >= 0.3 is 0 Å². The van der Waals surface area contributed by atoms with Crippen LogP contribution >= 0.6 is 11.6 Å². The molecule has 8 nitrogen and oxygen atoms in total. The highest BCUT2D eigenvalue weighted by Gasteiger charge is 2.18. The predicted octanol–water partition coefficient (Wildman–Crippen LogP) is 4.44. The molecule has 30 heavy (non-hydrogen) atoms. The summed E-state index contributed by atoms with van der Waals surface area (Å²) in [5, 5.41) is 13.2. The molecular weight excluding hydrogens is 437 g/mol. The van der Waals surface area contributed by atoms with Crippen LogP contribution < -0.4 is 10.0 Å². The van der Waals surface area contributed by atoms with E-state index in [1.165, 1.54) is 54.6 Å². The van der Waals surface area contributed by atoms with Crippen LogP contribution in [-0.4, -0.2) is 19.2 Å². The molecule has 3 aromatic carbocycles. The number of benzene rings is 3. The fourth-order valence-corrected chi connectivity index (χ4v) is 3.72. The highest BCUT2D eigenvalue weighted by atomic mass is 35.5. The first kappa shape index (κ1) is 21.2. The molecule has 0 unspecified atom stereocenters. The van der Waals surface area contributed by atoms with Gasteiger partial charge in [0.1, 0.15) is 5.82 Å². The normalized spacial score (nSPS) is 11.0. The van der Waals surface area contributed by atoms with Gasteiger partial charge in [0, 0.05) is 29.1 Å². The topological polar surface area (TPSA) is 118 Å². The average Bonchev–Trinajstić information content (AvgIpc) is 2.71. The lowest BCUT2D eigenvalue weighted by atomic mass is 10.2. The van der Waals surface area contributed by atoms with E-state index in [1.807, 2.05) is 0 Å². The van der Waals surface area contributed by atoms with Crippen LogP contribution in [0.15, 0.2) is 71.6 Å². The molecule has 0 heterocycles. The summed E-state index contributed by atoms with van der Waals surface area (Å²) >= 11 is 5.67. The van der Waals surface area contributed by atoms with E-state index in [4.69, 9.17) is 11.6 Å². The number of amides is 1. The average molecular weight is 450 g/mol. The summed E-state index contributed by atoms with van der Waals surface area (Å²) in [5.74, 6) is -1.12. The van der Waals surface area contributed by atoms with Crippen LogP contribution in [0.4, 0.5) is 21.5 Å². The molecule has 0 aliphatic rings. The van der Waals surface area contributed by atoms with E-state index in [0.29, 0.717) is 5.69 Å². The van der Waals surface area contributed by atoms with E-state index < -0.39 is 26.7 Å². The highest BCUT2D eigenvalue weighted by molar-refractivity contribution is 7.92. The first-order valence-corrected chi connectivity index (χ1v) is 10.2. The molecule has 3 rings (SSSR count). The van der Waals surface area contributed by atoms with E-state index in [-0.39, 0.29) is 26.9 Å². The number of nitro benzene ring substituents is 1. The number of hydrogen-bond donors (Lipinski definition) is 2. The summed E-state index contributed by atoms with van der Waals surface area (Å²) in [4.78, 5) is 22.1. The first-order valence-electron chi connectivity index (χ1n) is 8.29. The van der Waals surface area contributed by atoms with Crippen LogP contribution in [0.1, 0.15) is 10.4 Å². The molecule has 11 heteroatoms. The van der Waals surface area contributed by atoms with Gasteiger partial charge < -0.3 is 5.32 Å². The Kier molecular flexibility index (Phi) is 5.99. The molecule has 3 aromatic rings. The molecule has 2 N–H and O–H groups in total. The Balaban J connectivity index is 1.73. The van der Waals surface area contributed by atoms with Gasteiger partial charge in [-0.1, -0.05) is 17.7 Å². The summed E-state index contributed by atoms with van der Waals surface area (Å²) in [5.41, 5.74) is 0.310. The number of nitro groups is 1. The molecule has 0 aromatic heterocycles. The molecule has 0 fully saturated rings. The zero-order chi connectivity index (χ0) is 21.9. The van der Waals surface area contributed by atoms with E-state index in [1.54, 1.807) is 0 Å². The number of halogens is 2. The van der Waals surface area contributed by atoms with Gasteiger partial charge in [-0.15, -0.1) is 0 Å². The monoisotopic (exact) mass is 449 g/mol. The van der Waals surface area contributed by atoms with Crippen LogP contribution in [-0.2, 0) is 10.0 Å². The van der Waals surface area contributed by atoms with Crippen LogP contribution in [0.25, 0.3) is 0 Å². The third-order valence-corrected chi connectivity index (χ3v) is 5.58. The SMILES string of the molecule is O=C(Nc1ccc(F)c(Cl)c1)c1ccc(NS(=O)(=O)c2cccc([N+](=O)[O-])c2)cc1. The molecule has 0 aliphatic carbocycles. The van der Waals surface area contributed by atoms with Crippen molar-refractivity contribution in [1.29, 1.82) is 0 Å². The van der Waals surface area contributed by atoms with Gasteiger partial charge in [0.25, 0.3) is 21.6 Å². The van der Waals surface area contributed by atoms with Crippen molar-refractivity contribution < 1.29 is 22.5 Å². The number of hydrogen-bond acceptors (Lipinski definition) is 5. The smallest absolute Gasteiger partial charge is 0.270 e. The number of nitrogens with zero attached hydrogens (tertiary/aromatic N) is 1. The van der Waals surface area contributed by atoms with Gasteiger partial charge in [-0.05, 0) is 48.5 Å². The quantitative estimate of drug-likeness (QED) is 0.426. The number of carbonyl (C=O) groups excluding carboxylic acids is 1. The van der Waals surface area contributed by atoms with Crippen molar-refractivity contribution in [1.82, 2.24) is 0 Å². The van der Waals surface area contributed by atoms with E-state index in [9.17, 15) is 27.7 Å². The fourth-order valence-electron chi connectivity index (χ4n) is 2.45.